The third-order valence-corrected chi connectivity index (χ3v) is 7.69. The van der Waals surface area contributed by atoms with Gasteiger partial charge in [0, 0.05) is 37.4 Å². The highest BCUT2D eigenvalue weighted by molar-refractivity contribution is 7.89. The highest BCUT2D eigenvalue weighted by Crippen LogP contribution is 2.43. The molecule has 2 fully saturated rings. The lowest BCUT2D eigenvalue weighted by Crippen LogP contribution is -2.36. The topological polar surface area (TPSA) is 140 Å². The number of nitrogens with zero attached hydrogens (tertiary/aromatic N) is 4. The van der Waals surface area contributed by atoms with Gasteiger partial charge in [-0.1, -0.05) is 24.3 Å². The van der Waals surface area contributed by atoms with Gasteiger partial charge in [-0.05, 0) is 42.7 Å². The van der Waals surface area contributed by atoms with Gasteiger partial charge in [-0.15, -0.1) is 0 Å². The van der Waals surface area contributed by atoms with Crippen LogP contribution >= 0.6 is 0 Å². The SMILES string of the molecule is Nc1ncnc2c1c(-c1cccc(CCS(N)(=O)=O)c1)cn2[C@H]1C[C@@H](CN2CC[C@@H](O)C2)C1. The largest absolute Gasteiger partial charge is 0.392 e. The normalized spacial score (nSPS) is 23.8. The summed E-state index contributed by atoms with van der Waals surface area (Å²) >= 11 is 0. The molecule has 3 aromatic rings. The van der Waals surface area contributed by atoms with Gasteiger partial charge in [0.25, 0.3) is 0 Å². The minimum Gasteiger partial charge on any atom is -0.392 e. The Morgan fingerprint density at radius 2 is 2.03 bits per heavy atom. The van der Waals surface area contributed by atoms with Crippen LogP contribution in [0.25, 0.3) is 22.2 Å². The molecule has 0 amide bonds. The van der Waals surface area contributed by atoms with Crippen molar-refractivity contribution in [1.29, 1.82) is 0 Å². The van der Waals surface area contributed by atoms with E-state index in [1.807, 2.05) is 24.3 Å². The Morgan fingerprint density at radius 3 is 2.76 bits per heavy atom. The van der Waals surface area contributed by atoms with Crippen LogP contribution in [-0.2, 0) is 16.4 Å². The fraction of sp³-hybridized carbons (Fsp3) is 0.478. The van der Waals surface area contributed by atoms with E-state index < -0.39 is 10.0 Å². The summed E-state index contributed by atoms with van der Waals surface area (Å²) in [5, 5.41) is 15.8. The molecule has 1 saturated carbocycles. The van der Waals surface area contributed by atoms with Gasteiger partial charge < -0.3 is 20.3 Å². The molecule has 9 nitrogen and oxygen atoms in total. The summed E-state index contributed by atoms with van der Waals surface area (Å²) < 4.78 is 25.0. The predicted octanol–water partition coefficient (Wildman–Crippen LogP) is 1.53. The minimum atomic E-state index is -3.52. The molecule has 0 spiro atoms. The van der Waals surface area contributed by atoms with E-state index in [0.717, 1.165) is 66.6 Å². The Labute approximate surface area is 193 Å². The van der Waals surface area contributed by atoms with Gasteiger partial charge in [-0.2, -0.15) is 0 Å². The van der Waals surface area contributed by atoms with Crippen molar-refractivity contribution in [3.63, 3.8) is 0 Å². The molecule has 176 valence electrons. The van der Waals surface area contributed by atoms with Gasteiger partial charge in [-0.25, -0.2) is 23.5 Å². The highest BCUT2D eigenvalue weighted by Gasteiger charge is 2.34. The number of hydrogen-bond donors (Lipinski definition) is 3. The molecule has 3 heterocycles. The molecule has 5 N–H and O–H groups in total. The molecule has 0 radical (unpaired) electrons. The van der Waals surface area contributed by atoms with E-state index >= 15 is 0 Å². The number of β-amino-alcohol motifs (C(OH)–C–C–N with tert-alkyl or cyclic N) is 1. The third kappa shape index (κ3) is 4.74. The molecule has 5 rings (SSSR count). The Hall–Kier alpha value is -2.53. The summed E-state index contributed by atoms with van der Waals surface area (Å²) in [6.07, 6.45) is 6.78. The van der Waals surface area contributed by atoms with E-state index in [-0.39, 0.29) is 11.9 Å². The van der Waals surface area contributed by atoms with Crippen LogP contribution in [0.5, 0.6) is 0 Å². The first-order valence-electron chi connectivity index (χ1n) is 11.4. The molecule has 1 atom stereocenters. The first kappa shape index (κ1) is 22.3. The second-order valence-corrected chi connectivity index (χ2v) is 11.2. The molecule has 1 saturated heterocycles. The van der Waals surface area contributed by atoms with Crippen molar-refractivity contribution < 1.29 is 13.5 Å². The Balaban J connectivity index is 1.40. The number of likely N-dealkylation sites (tertiary alicyclic amines) is 1. The first-order chi connectivity index (χ1) is 15.8. The number of primary sulfonamides is 1. The number of nitrogens with two attached hydrogens (primary N) is 2. The van der Waals surface area contributed by atoms with Crippen molar-refractivity contribution in [3.05, 3.63) is 42.4 Å². The zero-order valence-electron chi connectivity index (χ0n) is 18.5. The van der Waals surface area contributed by atoms with E-state index in [0.29, 0.717) is 24.2 Å². The Bertz CT molecular complexity index is 1270. The van der Waals surface area contributed by atoms with Gasteiger partial charge in [0.05, 0.1) is 17.2 Å². The number of fused-ring (bicyclic) bond motifs is 1. The minimum absolute atomic E-state index is 0.0963. The molecular formula is C23H30N6O3S. The number of sulfonamides is 1. The average molecular weight is 471 g/mol. The van der Waals surface area contributed by atoms with Crippen molar-refractivity contribution in [2.24, 2.45) is 11.1 Å². The molecule has 0 unspecified atom stereocenters. The standard InChI is InChI=1S/C23H30N6O3S/c24-22-21-20(17-3-1-2-15(8-17)5-7-33(25,31)32)13-29(23(21)27-14-26-22)18-9-16(10-18)11-28-6-4-19(30)12-28/h1-3,8,13-14,16,18-19,30H,4-7,9-12H2,(H2,24,26,27)(H2,25,31,32)/t16-,18+,19-/m1/s1. The number of hydrogen-bond acceptors (Lipinski definition) is 7. The maximum Gasteiger partial charge on any atom is 0.209 e. The summed E-state index contributed by atoms with van der Waals surface area (Å²) in [4.78, 5) is 11.1. The molecule has 2 aliphatic rings. The van der Waals surface area contributed by atoms with Crippen LogP contribution in [0.4, 0.5) is 5.82 Å². The molecule has 1 aromatic carbocycles. The fourth-order valence-electron chi connectivity index (χ4n) is 5.18. The maximum atomic E-state index is 11.4. The number of aliphatic hydroxyl groups excluding tert-OH is 1. The van der Waals surface area contributed by atoms with Crippen molar-refractivity contribution in [3.8, 4) is 11.1 Å². The molecule has 10 heteroatoms. The number of nitrogen functional groups attached to an aromatic ring is 1. The second kappa shape index (κ2) is 8.68. The Kier molecular flexibility index (Phi) is 5.86. The van der Waals surface area contributed by atoms with Crippen LogP contribution in [0.2, 0.25) is 0 Å². The monoisotopic (exact) mass is 470 g/mol. The van der Waals surface area contributed by atoms with E-state index in [1.54, 1.807) is 0 Å². The number of rotatable bonds is 7. The van der Waals surface area contributed by atoms with Crippen molar-refractivity contribution in [2.75, 3.05) is 31.1 Å². The van der Waals surface area contributed by atoms with Crippen LogP contribution in [0.3, 0.4) is 0 Å². The van der Waals surface area contributed by atoms with Crippen LogP contribution in [0.1, 0.15) is 30.9 Å². The molecule has 33 heavy (non-hydrogen) atoms. The second-order valence-electron chi connectivity index (χ2n) is 9.42. The third-order valence-electron chi connectivity index (χ3n) is 6.92. The van der Waals surface area contributed by atoms with E-state index in [1.165, 1.54) is 6.33 Å². The van der Waals surface area contributed by atoms with Crippen molar-refractivity contribution in [1.82, 2.24) is 19.4 Å². The van der Waals surface area contributed by atoms with E-state index in [9.17, 15) is 13.5 Å². The number of aryl methyl sites for hydroxylation is 1. The molecule has 1 aliphatic heterocycles. The molecular weight excluding hydrogens is 440 g/mol. The maximum absolute atomic E-state index is 11.4. The van der Waals surface area contributed by atoms with Crippen molar-refractivity contribution in [2.45, 2.75) is 37.8 Å². The number of aromatic nitrogens is 3. The zero-order chi connectivity index (χ0) is 23.2. The van der Waals surface area contributed by atoms with Gasteiger partial charge >= 0.3 is 0 Å². The number of anilines is 1. The molecule has 2 aromatic heterocycles. The van der Waals surface area contributed by atoms with E-state index in [4.69, 9.17) is 10.9 Å². The van der Waals surface area contributed by atoms with Crippen LogP contribution in [0, 0.1) is 5.92 Å². The van der Waals surface area contributed by atoms with E-state index in [2.05, 4.69) is 25.6 Å². The predicted molar refractivity (Wildman–Crippen MR) is 128 cm³/mol. The first-order valence-corrected chi connectivity index (χ1v) is 13.1. The highest BCUT2D eigenvalue weighted by atomic mass is 32.2. The van der Waals surface area contributed by atoms with Gasteiger partial charge in [0.15, 0.2) is 0 Å². The summed E-state index contributed by atoms with van der Waals surface area (Å²) in [7, 11) is -3.52. The van der Waals surface area contributed by atoms with Gasteiger partial charge in [0.1, 0.15) is 17.8 Å². The summed E-state index contributed by atoms with van der Waals surface area (Å²) in [5.41, 5.74) is 9.91. The smallest absolute Gasteiger partial charge is 0.209 e. The molecule has 0 bridgehead atoms. The Morgan fingerprint density at radius 1 is 1.21 bits per heavy atom. The fourth-order valence-corrected chi connectivity index (χ4v) is 5.70. The number of benzene rings is 1. The lowest BCUT2D eigenvalue weighted by Gasteiger charge is -2.38. The molecule has 1 aliphatic carbocycles. The average Bonchev–Trinajstić information content (AvgIpc) is 3.33. The number of aliphatic hydroxyl groups is 1. The lowest BCUT2D eigenvalue weighted by atomic mass is 9.79. The van der Waals surface area contributed by atoms with Gasteiger partial charge in [0.2, 0.25) is 10.0 Å². The quantitative estimate of drug-likeness (QED) is 0.475. The lowest BCUT2D eigenvalue weighted by molar-refractivity contribution is 0.128. The summed E-state index contributed by atoms with van der Waals surface area (Å²) in [6.45, 7) is 2.79. The summed E-state index contributed by atoms with van der Waals surface area (Å²) in [5.74, 6) is 0.952. The van der Waals surface area contributed by atoms with Crippen LogP contribution < -0.4 is 10.9 Å². The van der Waals surface area contributed by atoms with Crippen LogP contribution in [-0.4, -0.2) is 64.5 Å². The zero-order valence-corrected chi connectivity index (χ0v) is 19.3. The van der Waals surface area contributed by atoms with Crippen LogP contribution in [0.15, 0.2) is 36.8 Å². The summed E-state index contributed by atoms with van der Waals surface area (Å²) in [6, 6.07) is 8.15. The van der Waals surface area contributed by atoms with Crippen molar-refractivity contribution >= 4 is 26.9 Å². The van der Waals surface area contributed by atoms with Gasteiger partial charge in [-0.3, -0.25) is 0 Å².